The van der Waals surface area contributed by atoms with Crippen molar-refractivity contribution in [1.29, 1.82) is 0 Å². The predicted molar refractivity (Wildman–Crippen MR) is 95.7 cm³/mol. The quantitative estimate of drug-likeness (QED) is 0.787. The summed E-state index contributed by atoms with van der Waals surface area (Å²) in [6, 6.07) is 4.65. The van der Waals surface area contributed by atoms with Crippen molar-refractivity contribution in [3.8, 4) is 0 Å². The van der Waals surface area contributed by atoms with Gasteiger partial charge in [-0.2, -0.15) is 0 Å². The van der Waals surface area contributed by atoms with Gasteiger partial charge in [-0.3, -0.25) is 14.4 Å². The molecule has 1 saturated heterocycles. The lowest BCUT2D eigenvalue weighted by Crippen LogP contribution is -2.38. The molecule has 2 rings (SSSR count). The molecule has 0 spiro atoms. The Kier molecular flexibility index (Phi) is 7.08. The molecule has 1 aliphatic rings. The average molecular weight is 387 g/mol. The average Bonchev–Trinajstić information content (AvgIpc) is 2.74. The normalized spacial score (nSPS) is 16.1. The number of carbonyl (C=O) groups is 3. The van der Waals surface area contributed by atoms with E-state index in [0.29, 0.717) is 23.7 Å². The largest absolute Gasteiger partial charge is 0.451 e. The number of nitrogens with zero attached hydrogens (tertiary/aromatic N) is 1. The first-order valence-electron chi connectivity index (χ1n) is 8.10. The molecular weight excluding hydrogens is 367 g/mol. The zero-order valence-corrected chi connectivity index (χ0v) is 15.4. The smallest absolute Gasteiger partial charge is 0.326 e. The van der Waals surface area contributed by atoms with E-state index < -0.39 is 18.0 Å². The van der Waals surface area contributed by atoms with Crippen LogP contribution in [0.3, 0.4) is 0 Å². The Balaban J connectivity index is 1.87. The van der Waals surface area contributed by atoms with Crippen molar-refractivity contribution >= 4 is 46.7 Å². The van der Waals surface area contributed by atoms with E-state index in [1.54, 1.807) is 12.1 Å². The summed E-state index contributed by atoms with van der Waals surface area (Å²) in [7, 11) is 0. The van der Waals surface area contributed by atoms with Crippen molar-refractivity contribution in [2.75, 3.05) is 18.4 Å². The number of esters is 1. The molecule has 1 heterocycles. The van der Waals surface area contributed by atoms with Crippen molar-refractivity contribution < 1.29 is 19.1 Å². The number of ether oxygens (including phenoxy) is 1. The lowest BCUT2D eigenvalue weighted by atomic mass is 10.2. The Hall–Kier alpha value is -1.79. The van der Waals surface area contributed by atoms with Crippen LogP contribution in [0.25, 0.3) is 0 Å². The fourth-order valence-electron chi connectivity index (χ4n) is 2.47. The summed E-state index contributed by atoms with van der Waals surface area (Å²) in [6.07, 6.45) is 2.10. The van der Waals surface area contributed by atoms with Crippen molar-refractivity contribution in [1.82, 2.24) is 4.90 Å². The maximum Gasteiger partial charge on any atom is 0.326 e. The van der Waals surface area contributed by atoms with E-state index in [-0.39, 0.29) is 17.5 Å². The lowest BCUT2D eigenvalue weighted by Gasteiger charge is -2.21. The maximum absolute atomic E-state index is 12.1. The Labute approximate surface area is 156 Å². The Morgan fingerprint density at radius 1 is 1.28 bits per heavy atom. The highest BCUT2D eigenvalue weighted by Crippen LogP contribution is 2.25. The molecule has 6 nitrogen and oxygen atoms in total. The van der Waals surface area contributed by atoms with Gasteiger partial charge in [0.2, 0.25) is 5.91 Å². The fraction of sp³-hybridized carbons (Fsp3) is 0.471. The summed E-state index contributed by atoms with van der Waals surface area (Å²) in [5.74, 6) is -1.18. The third-order valence-corrected chi connectivity index (χ3v) is 4.41. The molecule has 136 valence electrons. The number of hydrogen-bond acceptors (Lipinski definition) is 4. The highest BCUT2D eigenvalue weighted by Gasteiger charge is 2.23. The van der Waals surface area contributed by atoms with Crippen LogP contribution in [-0.4, -0.2) is 41.9 Å². The van der Waals surface area contributed by atoms with Gasteiger partial charge in [0.1, 0.15) is 6.54 Å². The van der Waals surface area contributed by atoms with Gasteiger partial charge in [-0.25, -0.2) is 0 Å². The summed E-state index contributed by atoms with van der Waals surface area (Å²) in [4.78, 5) is 37.5. The molecule has 1 N–H and O–H groups in total. The first-order chi connectivity index (χ1) is 11.9. The van der Waals surface area contributed by atoms with Crippen LogP contribution in [0.5, 0.6) is 0 Å². The number of likely N-dealkylation sites (tertiary alicyclic amines) is 1. The first kappa shape index (κ1) is 19.5. The van der Waals surface area contributed by atoms with Gasteiger partial charge in [0.05, 0.1) is 10.7 Å². The summed E-state index contributed by atoms with van der Waals surface area (Å²) < 4.78 is 5.13. The van der Waals surface area contributed by atoms with E-state index in [0.717, 1.165) is 19.3 Å². The second-order valence-corrected chi connectivity index (χ2v) is 6.72. The zero-order chi connectivity index (χ0) is 18.4. The van der Waals surface area contributed by atoms with Crippen LogP contribution in [0.2, 0.25) is 10.0 Å². The van der Waals surface area contributed by atoms with Crippen LogP contribution in [0, 0.1) is 0 Å². The summed E-state index contributed by atoms with van der Waals surface area (Å²) in [5, 5.41) is 3.31. The van der Waals surface area contributed by atoms with Crippen molar-refractivity contribution in [2.45, 2.75) is 38.7 Å². The van der Waals surface area contributed by atoms with Crippen molar-refractivity contribution in [3.05, 3.63) is 28.2 Å². The SMILES string of the molecule is C[C@H](OC(=O)CN1CCCCCC1=O)C(=O)Nc1ccc(Cl)cc1Cl. The number of rotatable bonds is 5. The summed E-state index contributed by atoms with van der Waals surface area (Å²) in [6.45, 7) is 1.86. The van der Waals surface area contributed by atoms with Gasteiger partial charge in [-0.1, -0.05) is 29.6 Å². The minimum atomic E-state index is -1.01. The van der Waals surface area contributed by atoms with Gasteiger partial charge in [0.15, 0.2) is 6.10 Å². The molecule has 0 radical (unpaired) electrons. The van der Waals surface area contributed by atoms with Gasteiger partial charge in [0, 0.05) is 18.0 Å². The highest BCUT2D eigenvalue weighted by atomic mass is 35.5. The van der Waals surface area contributed by atoms with Gasteiger partial charge in [-0.05, 0) is 38.0 Å². The highest BCUT2D eigenvalue weighted by molar-refractivity contribution is 6.36. The molecule has 1 aromatic carbocycles. The number of nitrogens with one attached hydrogen (secondary N) is 1. The van der Waals surface area contributed by atoms with Crippen LogP contribution in [0.1, 0.15) is 32.6 Å². The van der Waals surface area contributed by atoms with E-state index in [1.165, 1.54) is 17.9 Å². The second kappa shape index (κ2) is 9.06. The molecule has 8 heteroatoms. The van der Waals surface area contributed by atoms with Gasteiger partial charge in [0.25, 0.3) is 5.91 Å². The molecule has 0 saturated carbocycles. The van der Waals surface area contributed by atoms with Gasteiger partial charge >= 0.3 is 5.97 Å². The standard InChI is InChI=1S/C17H20Cl2N2O4/c1-11(17(24)20-14-7-6-12(18)9-13(14)19)25-16(23)10-21-8-4-2-3-5-15(21)22/h6-7,9,11H,2-5,8,10H2,1H3,(H,20,24)/t11-/m0/s1. The zero-order valence-electron chi connectivity index (χ0n) is 13.9. The molecule has 1 aliphatic heterocycles. The van der Waals surface area contributed by atoms with E-state index >= 15 is 0 Å². The van der Waals surface area contributed by atoms with Crippen LogP contribution < -0.4 is 5.32 Å². The van der Waals surface area contributed by atoms with E-state index in [2.05, 4.69) is 5.32 Å². The number of anilines is 1. The van der Waals surface area contributed by atoms with Crippen molar-refractivity contribution in [3.63, 3.8) is 0 Å². The molecular formula is C17H20Cl2N2O4. The first-order valence-corrected chi connectivity index (χ1v) is 8.85. The number of halogens is 2. The molecule has 0 unspecified atom stereocenters. The molecule has 2 amide bonds. The van der Waals surface area contributed by atoms with E-state index in [1.807, 2.05) is 0 Å². The fourth-order valence-corrected chi connectivity index (χ4v) is 2.93. The van der Waals surface area contributed by atoms with Gasteiger partial charge < -0.3 is 15.0 Å². The summed E-state index contributed by atoms with van der Waals surface area (Å²) >= 11 is 11.8. The van der Waals surface area contributed by atoms with E-state index in [9.17, 15) is 14.4 Å². The maximum atomic E-state index is 12.1. The minimum absolute atomic E-state index is 0.0560. The predicted octanol–water partition coefficient (Wildman–Crippen LogP) is 3.27. The molecule has 1 atom stereocenters. The number of carbonyl (C=O) groups excluding carboxylic acids is 3. The third-order valence-electron chi connectivity index (χ3n) is 3.86. The molecule has 0 bridgehead atoms. The third kappa shape index (κ3) is 5.90. The number of benzene rings is 1. The van der Waals surface area contributed by atoms with Crippen molar-refractivity contribution in [2.24, 2.45) is 0 Å². The van der Waals surface area contributed by atoms with E-state index in [4.69, 9.17) is 27.9 Å². The number of amides is 2. The molecule has 25 heavy (non-hydrogen) atoms. The second-order valence-electron chi connectivity index (χ2n) is 5.87. The molecule has 1 fully saturated rings. The molecule has 0 aromatic heterocycles. The monoisotopic (exact) mass is 386 g/mol. The molecule has 1 aromatic rings. The molecule has 0 aliphatic carbocycles. The lowest BCUT2D eigenvalue weighted by molar-refractivity contribution is -0.156. The number of hydrogen-bond donors (Lipinski definition) is 1. The topological polar surface area (TPSA) is 75.7 Å². The van der Waals surface area contributed by atoms with Crippen LogP contribution in [-0.2, 0) is 19.1 Å². The van der Waals surface area contributed by atoms with Crippen LogP contribution >= 0.6 is 23.2 Å². The Morgan fingerprint density at radius 3 is 2.76 bits per heavy atom. The Morgan fingerprint density at radius 2 is 2.04 bits per heavy atom. The Bertz CT molecular complexity index is 666. The minimum Gasteiger partial charge on any atom is -0.451 e. The van der Waals surface area contributed by atoms with Crippen LogP contribution in [0.4, 0.5) is 5.69 Å². The van der Waals surface area contributed by atoms with Gasteiger partial charge in [-0.15, -0.1) is 0 Å². The summed E-state index contributed by atoms with van der Waals surface area (Å²) in [5.41, 5.74) is 0.377. The van der Waals surface area contributed by atoms with Crippen LogP contribution in [0.15, 0.2) is 18.2 Å².